The van der Waals surface area contributed by atoms with Crippen LogP contribution in [0.3, 0.4) is 0 Å². The Hall–Kier alpha value is -3.41. The summed E-state index contributed by atoms with van der Waals surface area (Å²) in [6.07, 6.45) is 5.81. The molecule has 0 radical (unpaired) electrons. The lowest BCUT2D eigenvalue weighted by atomic mass is 9.91. The van der Waals surface area contributed by atoms with E-state index in [0.717, 1.165) is 92.9 Å². The number of hydrogen-bond donors (Lipinski definition) is 1. The Labute approximate surface area is 238 Å². The van der Waals surface area contributed by atoms with E-state index in [0.29, 0.717) is 17.1 Å². The van der Waals surface area contributed by atoms with E-state index in [2.05, 4.69) is 10.1 Å². The molecule has 0 saturated carbocycles. The average molecular weight is 583 g/mol. The van der Waals surface area contributed by atoms with Gasteiger partial charge in [0.1, 0.15) is 11.6 Å². The summed E-state index contributed by atoms with van der Waals surface area (Å²) in [5, 5.41) is 5.15. The van der Waals surface area contributed by atoms with Crippen molar-refractivity contribution in [2.45, 2.75) is 69.7 Å². The standard InChI is InChI=1S/C23H27FN4O2.C7H8O3S/c1-15-18(23(29)28-10-3-2-4-21(28)25-15)9-13-27-11-7-16(8-12-27)22-19-6-5-17(24)14-20(19)30-26-22;1-6-4-2-3-5-7(6)11(8,9)10/h5-6,14,16H,2-4,7-13H2,1H3;2-5H,1H3,(H,8,9,10). The number of benzene rings is 2. The van der Waals surface area contributed by atoms with Crippen molar-refractivity contribution in [1.82, 2.24) is 19.6 Å². The monoisotopic (exact) mass is 582 g/mol. The predicted molar refractivity (Wildman–Crippen MR) is 153 cm³/mol. The zero-order valence-electron chi connectivity index (χ0n) is 23.3. The predicted octanol–water partition coefficient (Wildman–Crippen LogP) is 4.83. The van der Waals surface area contributed by atoms with Crippen molar-refractivity contribution in [3.8, 4) is 0 Å². The van der Waals surface area contributed by atoms with Gasteiger partial charge in [-0.1, -0.05) is 23.4 Å². The molecule has 0 aliphatic carbocycles. The lowest BCUT2D eigenvalue weighted by molar-refractivity contribution is 0.211. The van der Waals surface area contributed by atoms with Crippen LogP contribution < -0.4 is 5.56 Å². The highest BCUT2D eigenvalue weighted by Gasteiger charge is 2.26. The summed E-state index contributed by atoms with van der Waals surface area (Å²) in [6.45, 7) is 7.18. The first-order chi connectivity index (χ1) is 19.6. The number of aromatic nitrogens is 3. The minimum Gasteiger partial charge on any atom is -0.356 e. The Bertz CT molecular complexity index is 1710. The zero-order valence-corrected chi connectivity index (χ0v) is 24.2. The number of fused-ring (bicyclic) bond motifs is 2. The van der Waals surface area contributed by atoms with E-state index in [-0.39, 0.29) is 16.3 Å². The number of rotatable bonds is 5. The van der Waals surface area contributed by atoms with Gasteiger partial charge in [-0.3, -0.25) is 13.9 Å². The Balaban J connectivity index is 0.000000259. The molecule has 41 heavy (non-hydrogen) atoms. The van der Waals surface area contributed by atoms with Gasteiger partial charge < -0.3 is 9.42 Å². The van der Waals surface area contributed by atoms with Gasteiger partial charge in [-0.15, -0.1) is 0 Å². The summed E-state index contributed by atoms with van der Waals surface area (Å²) in [4.78, 5) is 20.0. The fraction of sp³-hybridized carbons (Fsp3) is 0.433. The maximum atomic E-state index is 13.4. The second-order valence-corrected chi connectivity index (χ2v) is 12.2. The van der Waals surface area contributed by atoms with E-state index in [4.69, 9.17) is 14.1 Å². The minimum atomic E-state index is -4.03. The fourth-order valence-corrected chi connectivity index (χ4v) is 6.52. The molecular weight excluding hydrogens is 547 g/mol. The summed E-state index contributed by atoms with van der Waals surface area (Å²) >= 11 is 0. The summed E-state index contributed by atoms with van der Waals surface area (Å²) in [6, 6.07) is 10.9. The largest absolute Gasteiger partial charge is 0.356 e. The van der Waals surface area contributed by atoms with E-state index in [1.165, 1.54) is 18.2 Å². The molecule has 1 fully saturated rings. The number of nitrogens with zero attached hydrogens (tertiary/aromatic N) is 4. The highest BCUT2D eigenvalue weighted by Crippen LogP contribution is 2.32. The summed E-state index contributed by atoms with van der Waals surface area (Å²) < 4.78 is 50.5. The lowest BCUT2D eigenvalue weighted by Crippen LogP contribution is -2.37. The minimum absolute atomic E-state index is 0.0278. The van der Waals surface area contributed by atoms with Gasteiger partial charge in [0.25, 0.3) is 15.7 Å². The van der Waals surface area contributed by atoms with Gasteiger partial charge in [0.2, 0.25) is 0 Å². The van der Waals surface area contributed by atoms with Crippen LogP contribution in [0.2, 0.25) is 0 Å². The third-order valence-corrected chi connectivity index (χ3v) is 9.08. The maximum Gasteiger partial charge on any atom is 0.294 e. The lowest BCUT2D eigenvalue weighted by Gasteiger charge is -2.31. The summed E-state index contributed by atoms with van der Waals surface area (Å²) in [5.41, 5.74) is 3.93. The number of halogens is 1. The highest BCUT2D eigenvalue weighted by atomic mass is 32.2. The first-order valence-corrected chi connectivity index (χ1v) is 15.5. The smallest absolute Gasteiger partial charge is 0.294 e. The number of aryl methyl sites for hydroxylation is 3. The Morgan fingerprint density at radius 2 is 1.83 bits per heavy atom. The number of piperidine rings is 1. The molecule has 1 saturated heterocycles. The molecule has 4 aromatic rings. The van der Waals surface area contributed by atoms with Gasteiger partial charge in [0, 0.05) is 48.1 Å². The molecule has 0 unspecified atom stereocenters. The first kappa shape index (κ1) is 29.1. The average Bonchev–Trinajstić information content (AvgIpc) is 3.36. The van der Waals surface area contributed by atoms with Crippen molar-refractivity contribution in [3.63, 3.8) is 0 Å². The Morgan fingerprint density at radius 3 is 2.54 bits per heavy atom. The van der Waals surface area contributed by atoms with Crippen LogP contribution >= 0.6 is 0 Å². The second-order valence-electron chi connectivity index (χ2n) is 10.8. The van der Waals surface area contributed by atoms with Crippen molar-refractivity contribution in [1.29, 1.82) is 0 Å². The SMILES string of the molecule is Cc1ccccc1S(=O)(=O)O.Cc1nc2n(c(=O)c1CCN1CCC(c3noc4cc(F)ccc34)CC1)CCCC2. The van der Waals surface area contributed by atoms with Crippen molar-refractivity contribution in [3.05, 3.63) is 87.0 Å². The number of hydrogen-bond acceptors (Lipinski definition) is 7. The van der Waals surface area contributed by atoms with E-state index in [9.17, 15) is 17.6 Å². The topological polar surface area (TPSA) is 119 Å². The van der Waals surface area contributed by atoms with Crippen molar-refractivity contribution in [2.75, 3.05) is 19.6 Å². The maximum absolute atomic E-state index is 13.4. The Morgan fingerprint density at radius 1 is 1.07 bits per heavy atom. The molecule has 0 atom stereocenters. The van der Waals surface area contributed by atoms with Crippen LogP contribution in [0, 0.1) is 19.7 Å². The van der Waals surface area contributed by atoms with Crippen molar-refractivity contribution >= 4 is 21.1 Å². The molecule has 0 amide bonds. The normalized spacial score (nSPS) is 16.3. The third kappa shape index (κ3) is 6.58. The second kappa shape index (κ2) is 12.2. The van der Waals surface area contributed by atoms with Crippen molar-refractivity contribution < 1.29 is 21.9 Å². The van der Waals surface area contributed by atoms with Gasteiger partial charge in [-0.25, -0.2) is 9.37 Å². The van der Waals surface area contributed by atoms with Gasteiger partial charge >= 0.3 is 0 Å². The molecule has 9 nitrogen and oxygen atoms in total. The van der Waals surface area contributed by atoms with Gasteiger partial charge in [-0.2, -0.15) is 8.42 Å². The van der Waals surface area contributed by atoms with Crippen LogP contribution in [0.25, 0.3) is 11.0 Å². The summed E-state index contributed by atoms with van der Waals surface area (Å²) in [7, 11) is -4.03. The molecule has 2 aromatic heterocycles. The van der Waals surface area contributed by atoms with Gasteiger partial charge in [0.05, 0.1) is 10.6 Å². The molecule has 2 aromatic carbocycles. The molecular formula is C30H35FN4O5S. The molecule has 0 bridgehead atoms. The van der Waals surface area contributed by atoms with Crippen LogP contribution in [-0.4, -0.2) is 52.2 Å². The highest BCUT2D eigenvalue weighted by molar-refractivity contribution is 7.85. The van der Waals surface area contributed by atoms with Gasteiger partial charge in [0.15, 0.2) is 5.58 Å². The van der Waals surface area contributed by atoms with E-state index in [1.54, 1.807) is 31.2 Å². The Kier molecular flexibility index (Phi) is 8.67. The van der Waals surface area contributed by atoms with Gasteiger partial charge in [-0.05, 0) is 82.8 Å². The molecule has 1 N–H and O–H groups in total. The van der Waals surface area contributed by atoms with Crippen LogP contribution in [-0.2, 0) is 29.5 Å². The first-order valence-electron chi connectivity index (χ1n) is 14.0. The summed E-state index contributed by atoms with van der Waals surface area (Å²) in [5.74, 6) is 0.974. The van der Waals surface area contributed by atoms with E-state index < -0.39 is 10.1 Å². The van der Waals surface area contributed by atoms with Crippen LogP contribution in [0.15, 0.2) is 56.7 Å². The zero-order chi connectivity index (χ0) is 29.1. The van der Waals surface area contributed by atoms with E-state index >= 15 is 0 Å². The molecule has 0 spiro atoms. The van der Waals surface area contributed by atoms with Crippen LogP contribution in [0.1, 0.15) is 59.9 Å². The molecule has 2 aliphatic heterocycles. The molecule has 218 valence electrons. The molecule has 2 aliphatic rings. The fourth-order valence-electron chi connectivity index (χ4n) is 5.79. The van der Waals surface area contributed by atoms with Crippen LogP contribution in [0.5, 0.6) is 0 Å². The van der Waals surface area contributed by atoms with Crippen LogP contribution in [0.4, 0.5) is 4.39 Å². The van der Waals surface area contributed by atoms with E-state index in [1.807, 2.05) is 11.5 Å². The number of likely N-dealkylation sites (tertiary alicyclic amines) is 1. The quantitative estimate of drug-likeness (QED) is 0.333. The molecule has 4 heterocycles. The third-order valence-electron chi connectivity index (χ3n) is 8.07. The molecule has 11 heteroatoms. The van der Waals surface area contributed by atoms with Crippen molar-refractivity contribution in [2.24, 2.45) is 0 Å². The molecule has 6 rings (SSSR count).